The Morgan fingerprint density at radius 2 is 0.625 bits per heavy atom. The van der Waals surface area contributed by atoms with Gasteiger partial charge in [-0.2, -0.15) is 0 Å². The Bertz CT molecular complexity index is 1390. The van der Waals surface area contributed by atoms with Crippen molar-refractivity contribution < 1.29 is 28.6 Å². The van der Waals surface area contributed by atoms with Crippen LogP contribution in [0.25, 0.3) is 0 Å². The number of allylic oxidation sites excluding steroid dienone is 20. The molecule has 0 radical (unpaired) electrons. The van der Waals surface area contributed by atoms with Crippen LogP contribution in [0.1, 0.15) is 207 Å². The summed E-state index contributed by atoms with van der Waals surface area (Å²) in [5, 5.41) is 0. The molecule has 0 heterocycles. The monoisotopic (exact) mass is 885 g/mol. The van der Waals surface area contributed by atoms with Gasteiger partial charge in [0.1, 0.15) is 13.2 Å². The van der Waals surface area contributed by atoms with Crippen LogP contribution in [-0.2, 0) is 28.6 Å². The lowest BCUT2D eigenvalue weighted by atomic mass is 10.1. The lowest BCUT2D eigenvalue weighted by molar-refractivity contribution is -0.167. The number of rotatable bonds is 44. The minimum atomic E-state index is -0.825. The highest BCUT2D eigenvalue weighted by molar-refractivity contribution is 5.71. The Hall–Kier alpha value is -4.19. The van der Waals surface area contributed by atoms with Crippen molar-refractivity contribution in [3.05, 3.63) is 122 Å². The highest BCUT2D eigenvalue weighted by Gasteiger charge is 2.19. The van der Waals surface area contributed by atoms with E-state index in [4.69, 9.17) is 14.2 Å². The summed E-state index contributed by atoms with van der Waals surface area (Å²) in [7, 11) is 0. The van der Waals surface area contributed by atoms with Gasteiger partial charge in [-0.25, -0.2) is 0 Å². The maximum atomic E-state index is 12.8. The van der Waals surface area contributed by atoms with Gasteiger partial charge in [-0.1, -0.05) is 226 Å². The predicted molar refractivity (Wildman–Crippen MR) is 274 cm³/mol. The molecule has 0 aliphatic heterocycles. The molecule has 0 aliphatic rings. The standard InChI is InChI=1S/C58H92O6/c1-4-7-10-13-16-19-22-25-27-28-29-31-33-36-39-42-45-48-51-57(60)63-54-55(53-62-56(59)50-47-44-41-38-35-32-24-21-18-15-12-9-6-3)64-58(61)52-49-46-43-40-37-34-30-26-23-20-17-14-11-8-5-2/h9,12,15,17-18,20-29,31-32,35,38,41,55H,4-8,10-11,13-14,16,19,30,33-34,36-37,39-40,42-54H2,1-3H3/b12-9-,18-15-,20-17-,24-21-,25-22-,26-23-,28-27-,31-29-,35-32-,41-38-. The molecule has 0 aliphatic carbocycles. The zero-order valence-corrected chi connectivity index (χ0v) is 41.0. The van der Waals surface area contributed by atoms with Crippen molar-refractivity contribution in [3.63, 3.8) is 0 Å². The summed E-state index contributed by atoms with van der Waals surface area (Å²) in [5.41, 5.74) is 0. The molecule has 6 nitrogen and oxygen atoms in total. The Morgan fingerprint density at radius 3 is 1.06 bits per heavy atom. The molecule has 360 valence electrons. The van der Waals surface area contributed by atoms with Gasteiger partial charge in [0.25, 0.3) is 0 Å². The Balaban J connectivity index is 4.55. The summed E-state index contributed by atoms with van der Waals surface area (Å²) in [4.78, 5) is 37.9. The van der Waals surface area contributed by atoms with Gasteiger partial charge in [0, 0.05) is 19.3 Å². The molecule has 1 atom stereocenters. The van der Waals surface area contributed by atoms with Gasteiger partial charge in [-0.05, 0) is 83.5 Å². The number of hydrogen-bond acceptors (Lipinski definition) is 6. The lowest BCUT2D eigenvalue weighted by Crippen LogP contribution is -2.30. The van der Waals surface area contributed by atoms with E-state index in [2.05, 4.69) is 87.6 Å². The van der Waals surface area contributed by atoms with Crippen LogP contribution in [0.4, 0.5) is 0 Å². The van der Waals surface area contributed by atoms with Crippen LogP contribution >= 0.6 is 0 Å². The predicted octanol–water partition coefficient (Wildman–Crippen LogP) is 16.9. The number of ether oxygens (including phenoxy) is 3. The van der Waals surface area contributed by atoms with Gasteiger partial charge in [-0.15, -0.1) is 0 Å². The molecule has 0 N–H and O–H groups in total. The molecular formula is C58H92O6. The lowest BCUT2D eigenvalue weighted by Gasteiger charge is -2.18. The topological polar surface area (TPSA) is 78.9 Å². The van der Waals surface area contributed by atoms with Crippen molar-refractivity contribution in [1.82, 2.24) is 0 Å². The Kier molecular flexibility index (Phi) is 48.1. The van der Waals surface area contributed by atoms with E-state index < -0.39 is 6.10 Å². The van der Waals surface area contributed by atoms with Gasteiger partial charge < -0.3 is 14.2 Å². The second-order valence-electron chi connectivity index (χ2n) is 16.6. The van der Waals surface area contributed by atoms with E-state index in [1.165, 1.54) is 64.2 Å². The van der Waals surface area contributed by atoms with Crippen molar-refractivity contribution in [1.29, 1.82) is 0 Å². The first-order valence-corrected chi connectivity index (χ1v) is 25.7. The second kappa shape index (κ2) is 51.4. The zero-order valence-electron chi connectivity index (χ0n) is 41.0. The van der Waals surface area contributed by atoms with Crippen LogP contribution in [0.2, 0.25) is 0 Å². The SMILES string of the molecule is CC\C=C/C=C\C=C/C=C\C=C/CCCC(=O)OCC(COC(=O)CCCCCCC\C=C/C=C\C=C/CCCCCCC)OC(=O)CCCCCCCC/C=C\C=C/CCCCC. The minimum absolute atomic E-state index is 0.120. The van der Waals surface area contributed by atoms with E-state index in [1.807, 2.05) is 54.7 Å². The molecule has 0 saturated heterocycles. The molecule has 64 heavy (non-hydrogen) atoms. The molecule has 0 aromatic carbocycles. The van der Waals surface area contributed by atoms with Crippen LogP contribution < -0.4 is 0 Å². The summed E-state index contributed by atoms with van der Waals surface area (Å²) >= 11 is 0. The van der Waals surface area contributed by atoms with Gasteiger partial charge in [0.05, 0.1) is 0 Å². The van der Waals surface area contributed by atoms with E-state index in [9.17, 15) is 14.4 Å². The van der Waals surface area contributed by atoms with Crippen molar-refractivity contribution in [2.24, 2.45) is 0 Å². The summed E-state index contributed by atoms with van der Waals surface area (Å²) in [6.07, 6.45) is 70.4. The van der Waals surface area contributed by atoms with E-state index in [1.54, 1.807) is 0 Å². The summed E-state index contributed by atoms with van der Waals surface area (Å²) in [6, 6.07) is 0. The zero-order chi connectivity index (χ0) is 46.5. The smallest absolute Gasteiger partial charge is 0.306 e. The highest BCUT2D eigenvalue weighted by atomic mass is 16.6. The fraction of sp³-hybridized carbons (Fsp3) is 0.603. The average molecular weight is 885 g/mol. The first-order valence-electron chi connectivity index (χ1n) is 25.7. The normalized spacial score (nSPS) is 13.1. The quantitative estimate of drug-likeness (QED) is 0.0262. The highest BCUT2D eigenvalue weighted by Crippen LogP contribution is 2.13. The summed E-state index contributed by atoms with van der Waals surface area (Å²) in [6.45, 7) is 6.34. The summed E-state index contributed by atoms with van der Waals surface area (Å²) < 4.78 is 16.7. The molecule has 0 bridgehead atoms. The molecule has 0 fully saturated rings. The van der Waals surface area contributed by atoms with Gasteiger partial charge in [0.15, 0.2) is 6.10 Å². The van der Waals surface area contributed by atoms with Gasteiger partial charge in [0.2, 0.25) is 0 Å². The van der Waals surface area contributed by atoms with Crippen molar-refractivity contribution >= 4 is 17.9 Å². The molecule has 0 rings (SSSR count). The van der Waals surface area contributed by atoms with Crippen molar-refractivity contribution in [2.75, 3.05) is 13.2 Å². The third kappa shape index (κ3) is 48.8. The largest absolute Gasteiger partial charge is 0.462 e. The van der Waals surface area contributed by atoms with Crippen LogP contribution in [0.15, 0.2) is 122 Å². The number of carbonyl (C=O) groups is 3. The fourth-order valence-corrected chi connectivity index (χ4v) is 6.52. The number of esters is 3. The summed E-state index contributed by atoms with van der Waals surface area (Å²) in [5.74, 6) is -1.03. The molecule has 0 spiro atoms. The van der Waals surface area contributed by atoms with Crippen LogP contribution in [0.3, 0.4) is 0 Å². The maximum Gasteiger partial charge on any atom is 0.306 e. The number of hydrogen-bond donors (Lipinski definition) is 0. The first kappa shape index (κ1) is 59.8. The maximum absolute atomic E-state index is 12.8. The average Bonchev–Trinajstić information content (AvgIpc) is 3.29. The fourth-order valence-electron chi connectivity index (χ4n) is 6.52. The third-order valence-electron chi connectivity index (χ3n) is 10.4. The molecule has 0 saturated carbocycles. The van der Waals surface area contributed by atoms with E-state index >= 15 is 0 Å². The number of unbranched alkanes of at least 4 members (excludes halogenated alkanes) is 20. The molecule has 0 aromatic heterocycles. The van der Waals surface area contributed by atoms with E-state index in [-0.39, 0.29) is 37.5 Å². The minimum Gasteiger partial charge on any atom is -0.462 e. The van der Waals surface area contributed by atoms with Crippen LogP contribution in [-0.4, -0.2) is 37.2 Å². The molecule has 1 unspecified atom stereocenters. The van der Waals surface area contributed by atoms with Gasteiger partial charge >= 0.3 is 17.9 Å². The number of carbonyl (C=O) groups excluding carboxylic acids is 3. The van der Waals surface area contributed by atoms with Crippen molar-refractivity contribution in [3.8, 4) is 0 Å². The van der Waals surface area contributed by atoms with Crippen LogP contribution in [0, 0.1) is 0 Å². The van der Waals surface area contributed by atoms with Crippen LogP contribution in [0.5, 0.6) is 0 Å². The first-order chi connectivity index (χ1) is 31.5. The molecular weight excluding hydrogens is 793 g/mol. The molecule has 6 heteroatoms. The molecule has 0 amide bonds. The Morgan fingerprint density at radius 1 is 0.328 bits per heavy atom. The second-order valence-corrected chi connectivity index (χ2v) is 16.6. The third-order valence-corrected chi connectivity index (χ3v) is 10.4. The molecule has 0 aromatic rings. The van der Waals surface area contributed by atoms with Crippen molar-refractivity contribution in [2.45, 2.75) is 213 Å². The van der Waals surface area contributed by atoms with E-state index in [0.717, 1.165) is 96.3 Å². The van der Waals surface area contributed by atoms with E-state index in [0.29, 0.717) is 19.3 Å². The van der Waals surface area contributed by atoms with Gasteiger partial charge in [-0.3, -0.25) is 14.4 Å². The Labute approximate surface area is 392 Å².